The first-order valence-electron chi connectivity index (χ1n) is 7.33. The molecule has 0 aromatic heterocycles. The van der Waals surface area contributed by atoms with E-state index in [1.54, 1.807) is 13.0 Å². The molecule has 1 aromatic rings. The highest BCUT2D eigenvalue weighted by Gasteiger charge is 2.14. The summed E-state index contributed by atoms with van der Waals surface area (Å²) in [6.07, 6.45) is 4.14. The number of carbonyl (C=O) groups is 1. The standard InChI is InChI=1S/C16H26N2O2/c1-4-5-6-7-10-20-13(3)16(19)18-15-9-8-14(17)11-12(15)2/h8-9,11,13H,4-7,10,17H2,1-3H3,(H,18,19). The Labute approximate surface area is 121 Å². The molecule has 0 aliphatic rings. The van der Waals surface area contributed by atoms with Crippen molar-refractivity contribution in [3.8, 4) is 0 Å². The number of unbranched alkanes of at least 4 members (excludes halogenated alkanes) is 3. The van der Waals surface area contributed by atoms with Crippen LogP contribution < -0.4 is 11.1 Å². The van der Waals surface area contributed by atoms with Crippen molar-refractivity contribution >= 4 is 17.3 Å². The second-order valence-electron chi connectivity index (χ2n) is 5.14. The average molecular weight is 278 g/mol. The van der Waals surface area contributed by atoms with Crippen molar-refractivity contribution in [1.29, 1.82) is 0 Å². The number of nitrogens with one attached hydrogen (secondary N) is 1. The molecule has 0 saturated carbocycles. The molecule has 1 aromatic carbocycles. The molecular weight excluding hydrogens is 252 g/mol. The van der Waals surface area contributed by atoms with Gasteiger partial charge < -0.3 is 15.8 Å². The van der Waals surface area contributed by atoms with Crippen LogP contribution in [0, 0.1) is 6.92 Å². The topological polar surface area (TPSA) is 64.3 Å². The van der Waals surface area contributed by atoms with E-state index in [0.717, 1.165) is 24.1 Å². The van der Waals surface area contributed by atoms with E-state index in [1.807, 2.05) is 19.1 Å². The number of rotatable bonds is 8. The monoisotopic (exact) mass is 278 g/mol. The number of benzene rings is 1. The molecule has 4 heteroatoms. The quantitative estimate of drug-likeness (QED) is 0.565. The van der Waals surface area contributed by atoms with Crippen molar-refractivity contribution in [3.63, 3.8) is 0 Å². The lowest BCUT2D eigenvalue weighted by Gasteiger charge is -2.15. The number of hydrogen-bond donors (Lipinski definition) is 2. The first-order valence-corrected chi connectivity index (χ1v) is 7.33. The minimum atomic E-state index is -0.437. The van der Waals surface area contributed by atoms with Crippen molar-refractivity contribution in [2.75, 3.05) is 17.7 Å². The Balaban J connectivity index is 2.37. The average Bonchev–Trinajstić information content (AvgIpc) is 2.41. The molecule has 20 heavy (non-hydrogen) atoms. The minimum Gasteiger partial charge on any atom is -0.399 e. The van der Waals surface area contributed by atoms with Gasteiger partial charge in [0.15, 0.2) is 0 Å². The molecule has 0 fully saturated rings. The van der Waals surface area contributed by atoms with Crippen molar-refractivity contribution < 1.29 is 9.53 Å². The van der Waals surface area contributed by atoms with Gasteiger partial charge in [-0.25, -0.2) is 0 Å². The van der Waals surface area contributed by atoms with E-state index in [2.05, 4.69) is 12.2 Å². The fourth-order valence-corrected chi connectivity index (χ4v) is 1.93. The van der Waals surface area contributed by atoms with Gasteiger partial charge in [-0.15, -0.1) is 0 Å². The molecule has 0 aliphatic heterocycles. The van der Waals surface area contributed by atoms with Gasteiger partial charge >= 0.3 is 0 Å². The highest BCUT2D eigenvalue weighted by atomic mass is 16.5. The molecule has 0 heterocycles. The summed E-state index contributed by atoms with van der Waals surface area (Å²) in [6, 6.07) is 5.43. The normalized spacial score (nSPS) is 12.2. The Morgan fingerprint density at radius 2 is 2.10 bits per heavy atom. The maximum atomic E-state index is 12.0. The molecule has 1 atom stereocenters. The molecular formula is C16H26N2O2. The predicted molar refractivity (Wildman–Crippen MR) is 83.8 cm³/mol. The zero-order valence-electron chi connectivity index (χ0n) is 12.7. The predicted octanol–water partition coefficient (Wildman–Crippen LogP) is 3.50. The van der Waals surface area contributed by atoms with Gasteiger partial charge in [-0.2, -0.15) is 0 Å². The summed E-state index contributed by atoms with van der Waals surface area (Å²) in [4.78, 5) is 12.0. The third-order valence-electron chi connectivity index (χ3n) is 3.24. The molecule has 0 spiro atoms. The van der Waals surface area contributed by atoms with Crippen LogP contribution in [0.4, 0.5) is 11.4 Å². The Hall–Kier alpha value is -1.55. The highest BCUT2D eigenvalue weighted by Crippen LogP contribution is 2.18. The van der Waals surface area contributed by atoms with Crippen LogP contribution in [0.1, 0.15) is 45.1 Å². The van der Waals surface area contributed by atoms with Crippen molar-refractivity contribution in [2.45, 2.75) is 52.6 Å². The highest BCUT2D eigenvalue weighted by molar-refractivity contribution is 5.94. The number of anilines is 2. The van der Waals surface area contributed by atoms with Gasteiger partial charge in [-0.05, 0) is 44.0 Å². The summed E-state index contributed by atoms with van der Waals surface area (Å²) in [5.41, 5.74) is 8.12. The molecule has 0 radical (unpaired) electrons. The lowest BCUT2D eigenvalue weighted by Crippen LogP contribution is -2.28. The summed E-state index contributed by atoms with van der Waals surface area (Å²) in [5.74, 6) is -0.117. The molecule has 4 nitrogen and oxygen atoms in total. The van der Waals surface area contributed by atoms with Gasteiger partial charge in [0.2, 0.25) is 0 Å². The third-order valence-corrected chi connectivity index (χ3v) is 3.24. The summed E-state index contributed by atoms with van der Waals surface area (Å²) >= 11 is 0. The van der Waals surface area contributed by atoms with Gasteiger partial charge in [-0.3, -0.25) is 4.79 Å². The van der Waals surface area contributed by atoms with Crippen LogP contribution in [0.25, 0.3) is 0 Å². The maximum absolute atomic E-state index is 12.0. The van der Waals surface area contributed by atoms with Crippen LogP contribution in [0.5, 0.6) is 0 Å². The zero-order chi connectivity index (χ0) is 15.0. The first-order chi connectivity index (χ1) is 9.54. The van der Waals surface area contributed by atoms with Crippen LogP contribution in [-0.4, -0.2) is 18.6 Å². The SMILES string of the molecule is CCCCCCOC(C)C(=O)Nc1ccc(N)cc1C. The minimum absolute atomic E-state index is 0.117. The van der Waals surface area contributed by atoms with E-state index in [1.165, 1.54) is 12.8 Å². The number of ether oxygens (including phenoxy) is 1. The van der Waals surface area contributed by atoms with E-state index >= 15 is 0 Å². The molecule has 0 bridgehead atoms. The van der Waals surface area contributed by atoms with Gasteiger partial charge in [0.1, 0.15) is 6.10 Å². The summed E-state index contributed by atoms with van der Waals surface area (Å²) in [5, 5.41) is 2.87. The molecule has 1 unspecified atom stereocenters. The van der Waals surface area contributed by atoms with Gasteiger partial charge in [0, 0.05) is 18.0 Å². The van der Waals surface area contributed by atoms with Crippen LogP contribution in [0.3, 0.4) is 0 Å². The van der Waals surface area contributed by atoms with E-state index in [-0.39, 0.29) is 5.91 Å². The lowest BCUT2D eigenvalue weighted by atomic mass is 10.1. The second kappa shape index (κ2) is 8.59. The van der Waals surface area contributed by atoms with Crippen LogP contribution in [0.2, 0.25) is 0 Å². The number of nitrogen functional groups attached to an aromatic ring is 1. The second-order valence-corrected chi connectivity index (χ2v) is 5.14. The van der Waals surface area contributed by atoms with Crippen LogP contribution in [0.15, 0.2) is 18.2 Å². The smallest absolute Gasteiger partial charge is 0.253 e. The number of aryl methyl sites for hydroxylation is 1. The van der Waals surface area contributed by atoms with E-state index in [0.29, 0.717) is 12.3 Å². The van der Waals surface area contributed by atoms with Crippen molar-refractivity contribution in [2.24, 2.45) is 0 Å². The maximum Gasteiger partial charge on any atom is 0.253 e. The molecule has 1 amide bonds. The fraction of sp³-hybridized carbons (Fsp3) is 0.562. The van der Waals surface area contributed by atoms with Gasteiger partial charge in [0.05, 0.1) is 0 Å². The first kappa shape index (κ1) is 16.5. The van der Waals surface area contributed by atoms with Crippen LogP contribution in [-0.2, 0) is 9.53 Å². The zero-order valence-corrected chi connectivity index (χ0v) is 12.7. The van der Waals surface area contributed by atoms with Gasteiger partial charge in [-0.1, -0.05) is 26.2 Å². The Morgan fingerprint density at radius 1 is 1.35 bits per heavy atom. The van der Waals surface area contributed by atoms with Crippen molar-refractivity contribution in [1.82, 2.24) is 0 Å². The summed E-state index contributed by atoms with van der Waals surface area (Å²) in [6.45, 7) is 6.51. The number of nitrogens with two attached hydrogens (primary N) is 1. The fourth-order valence-electron chi connectivity index (χ4n) is 1.93. The lowest BCUT2D eigenvalue weighted by molar-refractivity contribution is -0.126. The summed E-state index contributed by atoms with van der Waals surface area (Å²) in [7, 11) is 0. The number of hydrogen-bond acceptors (Lipinski definition) is 3. The third kappa shape index (κ3) is 5.61. The molecule has 0 saturated heterocycles. The van der Waals surface area contributed by atoms with Crippen molar-refractivity contribution in [3.05, 3.63) is 23.8 Å². The molecule has 1 rings (SSSR count). The molecule has 112 valence electrons. The Morgan fingerprint density at radius 3 is 2.75 bits per heavy atom. The number of carbonyl (C=O) groups excluding carboxylic acids is 1. The largest absolute Gasteiger partial charge is 0.399 e. The Kier molecular flexibility index (Phi) is 7.09. The number of amides is 1. The Bertz CT molecular complexity index is 432. The van der Waals surface area contributed by atoms with Crippen LogP contribution >= 0.6 is 0 Å². The van der Waals surface area contributed by atoms with E-state index < -0.39 is 6.10 Å². The van der Waals surface area contributed by atoms with E-state index in [9.17, 15) is 4.79 Å². The molecule has 0 aliphatic carbocycles. The summed E-state index contributed by atoms with van der Waals surface area (Å²) < 4.78 is 5.55. The molecule has 3 N–H and O–H groups in total. The van der Waals surface area contributed by atoms with E-state index in [4.69, 9.17) is 10.5 Å². The van der Waals surface area contributed by atoms with Gasteiger partial charge in [0.25, 0.3) is 5.91 Å².